The Labute approximate surface area is 226 Å². The van der Waals surface area contributed by atoms with Crippen molar-refractivity contribution >= 4 is 45.0 Å². The summed E-state index contributed by atoms with van der Waals surface area (Å²) in [6.45, 7) is 2.94. The minimum absolute atomic E-state index is 0.108. The number of carbonyl (C=O) groups is 2. The van der Waals surface area contributed by atoms with Gasteiger partial charge in [-0.05, 0) is 72.4 Å². The predicted octanol–water partition coefficient (Wildman–Crippen LogP) is 6.60. The molecule has 0 spiro atoms. The van der Waals surface area contributed by atoms with Gasteiger partial charge in [0.2, 0.25) is 0 Å². The quantitative estimate of drug-likeness (QED) is 0.315. The van der Waals surface area contributed by atoms with E-state index in [0.29, 0.717) is 29.7 Å². The standard InChI is InChI=1S/C30H30ClN3O2S/c1-20-7-13-24(14-8-20)32-29(36)30(22-5-3-2-4-6-22)19-33-25-15-16-37-27(25)17-26(33)28(35)34(30)18-21-9-11-23(31)12-10-21/h2-6,9-12,15-17,20,24H,7-8,13-14,18-19H2,1H3,(H,32,36). The number of hydrogen-bond donors (Lipinski definition) is 1. The first-order valence-electron chi connectivity index (χ1n) is 13.0. The molecule has 1 atom stereocenters. The number of carbonyl (C=O) groups excluding carboxylic acids is 2. The average Bonchev–Trinajstić information content (AvgIpc) is 3.51. The van der Waals surface area contributed by atoms with Crippen molar-refractivity contribution in [3.63, 3.8) is 0 Å². The van der Waals surface area contributed by atoms with E-state index in [1.165, 1.54) is 0 Å². The number of nitrogens with one attached hydrogen (secondary N) is 1. The van der Waals surface area contributed by atoms with Crippen LogP contribution in [0.1, 0.15) is 54.2 Å². The Morgan fingerprint density at radius 1 is 1.05 bits per heavy atom. The Bertz CT molecular complexity index is 1440. The third-order valence-corrected chi connectivity index (χ3v) is 9.17. The zero-order chi connectivity index (χ0) is 25.6. The van der Waals surface area contributed by atoms with Crippen LogP contribution in [-0.4, -0.2) is 27.3 Å². The lowest BCUT2D eigenvalue weighted by atomic mass is 9.82. The minimum atomic E-state index is -1.19. The van der Waals surface area contributed by atoms with Gasteiger partial charge in [-0.3, -0.25) is 9.59 Å². The van der Waals surface area contributed by atoms with Gasteiger partial charge in [-0.1, -0.05) is 61.0 Å². The van der Waals surface area contributed by atoms with Gasteiger partial charge in [0, 0.05) is 17.6 Å². The molecule has 4 aromatic rings. The van der Waals surface area contributed by atoms with Crippen molar-refractivity contribution in [1.29, 1.82) is 0 Å². The van der Waals surface area contributed by atoms with Crippen LogP contribution in [0.3, 0.4) is 0 Å². The van der Waals surface area contributed by atoms with Gasteiger partial charge in [0.25, 0.3) is 11.8 Å². The monoisotopic (exact) mass is 531 g/mol. The van der Waals surface area contributed by atoms with E-state index in [2.05, 4.69) is 12.2 Å². The van der Waals surface area contributed by atoms with Gasteiger partial charge in [-0.25, -0.2) is 0 Å². The second kappa shape index (κ2) is 9.66. The van der Waals surface area contributed by atoms with Gasteiger partial charge < -0.3 is 14.8 Å². The maximum Gasteiger partial charge on any atom is 0.272 e. The smallest absolute Gasteiger partial charge is 0.272 e. The number of amides is 2. The highest BCUT2D eigenvalue weighted by Gasteiger charge is 2.53. The second-order valence-corrected chi connectivity index (χ2v) is 11.8. The topological polar surface area (TPSA) is 54.3 Å². The number of hydrogen-bond acceptors (Lipinski definition) is 3. The van der Waals surface area contributed by atoms with E-state index in [-0.39, 0.29) is 17.9 Å². The summed E-state index contributed by atoms with van der Waals surface area (Å²) in [6, 6.07) is 21.4. The van der Waals surface area contributed by atoms with E-state index >= 15 is 0 Å². The molecule has 1 saturated carbocycles. The molecule has 6 rings (SSSR count). The SMILES string of the molecule is CC1CCC(NC(=O)C2(c3ccccc3)Cn3c(cc4sccc43)C(=O)N2Cc2ccc(Cl)cc2)CC1. The summed E-state index contributed by atoms with van der Waals surface area (Å²) in [5, 5.41) is 6.07. The molecule has 0 bridgehead atoms. The molecule has 7 heteroatoms. The van der Waals surface area contributed by atoms with Gasteiger partial charge in [-0.15, -0.1) is 11.3 Å². The fourth-order valence-electron chi connectivity index (χ4n) is 5.93. The van der Waals surface area contributed by atoms with Crippen molar-refractivity contribution in [2.24, 2.45) is 5.92 Å². The van der Waals surface area contributed by atoms with Crippen molar-refractivity contribution in [2.75, 3.05) is 0 Å². The minimum Gasteiger partial charge on any atom is -0.351 e. The highest BCUT2D eigenvalue weighted by molar-refractivity contribution is 7.17. The van der Waals surface area contributed by atoms with Gasteiger partial charge in [0.15, 0.2) is 5.54 Å². The van der Waals surface area contributed by atoms with E-state index in [4.69, 9.17) is 11.6 Å². The molecule has 1 unspecified atom stereocenters. The van der Waals surface area contributed by atoms with Crippen molar-refractivity contribution in [3.8, 4) is 0 Å². The normalized spacial score (nSPS) is 23.7. The van der Waals surface area contributed by atoms with E-state index in [0.717, 1.165) is 47.0 Å². The van der Waals surface area contributed by atoms with Crippen LogP contribution in [0.2, 0.25) is 5.02 Å². The maximum atomic E-state index is 14.5. The van der Waals surface area contributed by atoms with Crippen molar-refractivity contribution in [3.05, 3.63) is 94.0 Å². The molecular weight excluding hydrogens is 502 g/mol. The summed E-state index contributed by atoms with van der Waals surface area (Å²) in [7, 11) is 0. The second-order valence-electron chi connectivity index (χ2n) is 10.5. The number of nitrogens with zero attached hydrogens (tertiary/aromatic N) is 2. The van der Waals surface area contributed by atoms with Crippen molar-refractivity contribution in [1.82, 2.24) is 14.8 Å². The Morgan fingerprint density at radius 2 is 1.78 bits per heavy atom. The van der Waals surface area contributed by atoms with Crippen LogP contribution >= 0.6 is 22.9 Å². The molecule has 2 aliphatic rings. The summed E-state index contributed by atoms with van der Waals surface area (Å²) >= 11 is 7.77. The highest BCUT2D eigenvalue weighted by atomic mass is 35.5. The van der Waals surface area contributed by atoms with Crippen LogP contribution in [0.4, 0.5) is 0 Å². The Hall–Kier alpha value is -3.09. The summed E-state index contributed by atoms with van der Waals surface area (Å²) in [6.07, 6.45) is 4.14. The van der Waals surface area contributed by atoms with Crippen LogP contribution in [0.15, 0.2) is 72.1 Å². The maximum absolute atomic E-state index is 14.5. The van der Waals surface area contributed by atoms with E-state index in [1.807, 2.05) is 76.7 Å². The van der Waals surface area contributed by atoms with E-state index < -0.39 is 5.54 Å². The zero-order valence-electron chi connectivity index (χ0n) is 20.8. The largest absolute Gasteiger partial charge is 0.351 e. The zero-order valence-corrected chi connectivity index (χ0v) is 22.4. The van der Waals surface area contributed by atoms with Crippen LogP contribution in [0, 0.1) is 5.92 Å². The van der Waals surface area contributed by atoms with Crippen LogP contribution in [0.5, 0.6) is 0 Å². The molecule has 2 amide bonds. The number of benzene rings is 2. The van der Waals surface area contributed by atoms with Crippen LogP contribution in [0.25, 0.3) is 10.2 Å². The van der Waals surface area contributed by atoms with Crippen LogP contribution < -0.4 is 5.32 Å². The lowest BCUT2D eigenvalue weighted by Gasteiger charge is -2.47. The molecule has 1 aliphatic heterocycles. The van der Waals surface area contributed by atoms with E-state index in [1.54, 1.807) is 16.2 Å². The summed E-state index contributed by atoms with van der Waals surface area (Å²) in [4.78, 5) is 30.6. The third-order valence-electron chi connectivity index (χ3n) is 8.07. The summed E-state index contributed by atoms with van der Waals surface area (Å²) in [5.41, 5.74) is 2.18. The van der Waals surface area contributed by atoms with Crippen molar-refractivity contribution in [2.45, 2.75) is 57.3 Å². The fourth-order valence-corrected chi connectivity index (χ4v) is 6.87. The molecule has 0 saturated heterocycles. The lowest BCUT2D eigenvalue weighted by molar-refractivity contribution is -0.136. The lowest BCUT2D eigenvalue weighted by Crippen LogP contribution is -2.64. The van der Waals surface area contributed by atoms with Gasteiger partial charge >= 0.3 is 0 Å². The third kappa shape index (κ3) is 4.26. The molecule has 2 aromatic carbocycles. The Morgan fingerprint density at radius 3 is 2.51 bits per heavy atom. The van der Waals surface area contributed by atoms with Gasteiger partial charge in [0.1, 0.15) is 5.69 Å². The van der Waals surface area contributed by atoms with Crippen LogP contribution in [-0.2, 0) is 23.4 Å². The molecular formula is C30H30ClN3O2S. The molecule has 5 nitrogen and oxygen atoms in total. The Balaban J connectivity index is 1.50. The molecule has 190 valence electrons. The summed E-state index contributed by atoms with van der Waals surface area (Å²) in [5.74, 6) is 0.437. The number of rotatable bonds is 5. The summed E-state index contributed by atoms with van der Waals surface area (Å²) < 4.78 is 3.10. The first-order valence-corrected chi connectivity index (χ1v) is 14.2. The molecule has 2 aromatic heterocycles. The molecule has 1 fully saturated rings. The number of halogens is 1. The predicted molar refractivity (Wildman–Crippen MR) is 149 cm³/mol. The molecule has 1 aliphatic carbocycles. The van der Waals surface area contributed by atoms with Gasteiger partial charge in [-0.2, -0.15) is 0 Å². The van der Waals surface area contributed by atoms with E-state index in [9.17, 15) is 9.59 Å². The van der Waals surface area contributed by atoms with Gasteiger partial charge in [0.05, 0.1) is 16.8 Å². The van der Waals surface area contributed by atoms with Crippen molar-refractivity contribution < 1.29 is 9.59 Å². The first kappa shape index (κ1) is 24.3. The molecule has 0 radical (unpaired) electrons. The highest BCUT2D eigenvalue weighted by Crippen LogP contribution is 2.41. The molecule has 37 heavy (non-hydrogen) atoms. The Kier molecular flexibility index (Phi) is 6.33. The number of thiophene rings is 1. The number of aromatic nitrogens is 1. The number of fused-ring (bicyclic) bond motifs is 3. The molecule has 1 N–H and O–H groups in total. The average molecular weight is 532 g/mol. The fraction of sp³-hybridized carbons (Fsp3) is 0.333. The molecule has 3 heterocycles. The first-order chi connectivity index (χ1) is 18.0.